The third kappa shape index (κ3) is 4.21. The summed E-state index contributed by atoms with van der Waals surface area (Å²) in [5, 5.41) is 0.525. The van der Waals surface area contributed by atoms with E-state index in [2.05, 4.69) is 11.9 Å². The lowest BCUT2D eigenvalue weighted by Crippen LogP contribution is -2.20. The molecule has 0 aliphatic rings. The summed E-state index contributed by atoms with van der Waals surface area (Å²) in [6.45, 7) is 5.12. The second-order valence-corrected chi connectivity index (χ2v) is 6.67. The van der Waals surface area contributed by atoms with Crippen LogP contribution >= 0.6 is 11.3 Å². The van der Waals surface area contributed by atoms with Crippen LogP contribution in [0.2, 0.25) is 0 Å². The van der Waals surface area contributed by atoms with Crippen LogP contribution in [0, 0.1) is 6.92 Å². The third-order valence-corrected chi connectivity index (χ3v) is 5.06. The molecule has 0 spiro atoms. The highest BCUT2D eigenvalue weighted by Gasteiger charge is 2.20. The summed E-state index contributed by atoms with van der Waals surface area (Å²) in [6, 6.07) is 0. The highest BCUT2D eigenvalue weighted by Crippen LogP contribution is 2.27. The Kier molecular flexibility index (Phi) is 6.93. The van der Waals surface area contributed by atoms with Crippen LogP contribution in [0.5, 0.6) is 0 Å². The van der Waals surface area contributed by atoms with E-state index in [4.69, 9.17) is 9.47 Å². The number of hydrogen-bond acceptors (Lipinski definition) is 6. The zero-order valence-electron chi connectivity index (χ0n) is 14.5. The number of fused-ring (bicyclic) bond motifs is 1. The Balaban J connectivity index is 2.22. The van der Waals surface area contributed by atoms with E-state index in [0.717, 1.165) is 19.3 Å². The van der Waals surface area contributed by atoms with Gasteiger partial charge in [0.05, 0.1) is 18.3 Å². The average molecular weight is 352 g/mol. The predicted molar refractivity (Wildman–Crippen MR) is 94.9 cm³/mol. The van der Waals surface area contributed by atoms with Gasteiger partial charge < -0.3 is 9.47 Å². The molecule has 0 aromatic carbocycles. The number of thiophene rings is 1. The van der Waals surface area contributed by atoms with Gasteiger partial charge >= 0.3 is 5.97 Å². The molecule has 7 heteroatoms. The van der Waals surface area contributed by atoms with Gasteiger partial charge in [-0.25, -0.2) is 9.78 Å². The van der Waals surface area contributed by atoms with Crippen LogP contribution in [0.25, 0.3) is 10.2 Å². The maximum atomic E-state index is 12.7. The van der Waals surface area contributed by atoms with E-state index >= 15 is 0 Å². The fourth-order valence-corrected chi connectivity index (χ4v) is 3.54. The van der Waals surface area contributed by atoms with Gasteiger partial charge in [0.2, 0.25) is 0 Å². The number of unbranched alkanes of at least 4 members (excludes halogenated alkanes) is 3. The predicted octanol–water partition coefficient (Wildman–Crippen LogP) is 3.15. The van der Waals surface area contributed by atoms with Gasteiger partial charge in [-0.15, -0.1) is 11.3 Å². The second-order valence-electron chi connectivity index (χ2n) is 5.67. The summed E-state index contributed by atoms with van der Waals surface area (Å²) in [6.07, 6.45) is 5.95. The summed E-state index contributed by atoms with van der Waals surface area (Å²) in [4.78, 5) is 30.2. The van der Waals surface area contributed by atoms with Crippen molar-refractivity contribution in [1.29, 1.82) is 0 Å². The number of esters is 1. The van der Waals surface area contributed by atoms with Gasteiger partial charge in [-0.05, 0) is 18.9 Å². The number of carbonyl (C=O) groups is 1. The molecule has 0 atom stereocenters. The molecule has 0 radical (unpaired) electrons. The summed E-state index contributed by atoms with van der Waals surface area (Å²) < 4.78 is 11.7. The van der Waals surface area contributed by atoms with Gasteiger partial charge in [-0.1, -0.05) is 26.2 Å². The molecule has 0 N–H and O–H groups in total. The Hall–Kier alpha value is -1.73. The molecule has 132 valence electrons. The van der Waals surface area contributed by atoms with E-state index in [1.54, 1.807) is 24.9 Å². The second kappa shape index (κ2) is 8.94. The first-order valence-electron chi connectivity index (χ1n) is 8.24. The van der Waals surface area contributed by atoms with Crippen LogP contribution < -0.4 is 5.56 Å². The highest BCUT2D eigenvalue weighted by atomic mass is 32.1. The van der Waals surface area contributed by atoms with E-state index in [0.29, 0.717) is 33.8 Å². The molecule has 0 amide bonds. The molecule has 6 nitrogen and oxygen atoms in total. The van der Waals surface area contributed by atoms with Gasteiger partial charge in [-0.2, -0.15) is 0 Å². The van der Waals surface area contributed by atoms with Crippen LogP contribution in [0.3, 0.4) is 0 Å². The Morgan fingerprint density at radius 2 is 2.08 bits per heavy atom. The molecule has 24 heavy (non-hydrogen) atoms. The van der Waals surface area contributed by atoms with Crippen molar-refractivity contribution in [2.24, 2.45) is 0 Å². The molecule has 0 unspecified atom stereocenters. The zero-order chi connectivity index (χ0) is 17.5. The molecule has 0 aliphatic carbocycles. The Morgan fingerprint density at radius 1 is 1.29 bits per heavy atom. The molecule has 0 fully saturated rings. The number of aryl methyl sites for hydroxylation is 2. The van der Waals surface area contributed by atoms with Crippen molar-refractivity contribution < 1.29 is 14.3 Å². The lowest BCUT2D eigenvalue weighted by Gasteiger charge is -2.05. The quantitative estimate of drug-likeness (QED) is 0.512. The standard InChI is InChI=1S/C17H24N2O4S/c1-4-5-6-7-8-19-11-18-15-13(16(19)20)12(2)14(24-15)17(21)23-10-9-22-3/h11H,4-10H2,1-3H3. The Morgan fingerprint density at radius 3 is 2.79 bits per heavy atom. The minimum atomic E-state index is -0.429. The number of carbonyl (C=O) groups excluding carboxylic acids is 1. The molecular weight excluding hydrogens is 328 g/mol. The SMILES string of the molecule is CCCCCCn1cnc2sc(C(=O)OCCOC)c(C)c2c1=O. The Bertz CT molecular complexity index is 751. The van der Waals surface area contributed by atoms with Crippen LogP contribution in [0.4, 0.5) is 0 Å². The first-order valence-corrected chi connectivity index (χ1v) is 9.06. The molecule has 2 aromatic rings. The lowest BCUT2D eigenvalue weighted by atomic mass is 10.2. The minimum absolute atomic E-state index is 0.0822. The van der Waals surface area contributed by atoms with E-state index in [1.165, 1.54) is 17.8 Å². The van der Waals surface area contributed by atoms with Crippen molar-refractivity contribution >= 4 is 27.5 Å². The van der Waals surface area contributed by atoms with E-state index in [-0.39, 0.29) is 12.2 Å². The fraction of sp³-hybridized carbons (Fsp3) is 0.588. The van der Waals surface area contributed by atoms with Crippen LogP contribution in [-0.4, -0.2) is 35.8 Å². The number of hydrogen-bond donors (Lipinski definition) is 0. The molecule has 2 rings (SSSR count). The maximum absolute atomic E-state index is 12.7. The summed E-state index contributed by atoms with van der Waals surface area (Å²) in [7, 11) is 1.55. The van der Waals surface area contributed by atoms with Crippen LogP contribution in [0.1, 0.15) is 47.8 Å². The van der Waals surface area contributed by atoms with Crippen molar-refractivity contribution in [1.82, 2.24) is 9.55 Å². The van der Waals surface area contributed by atoms with Crippen molar-refractivity contribution in [3.8, 4) is 0 Å². The normalized spacial score (nSPS) is 11.1. The molecule has 0 bridgehead atoms. The zero-order valence-corrected chi connectivity index (χ0v) is 15.3. The molecule has 2 aromatic heterocycles. The fourth-order valence-electron chi connectivity index (χ4n) is 2.51. The van der Waals surface area contributed by atoms with Crippen molar-refractivity contribution in [2.75, 3.05) is 20.3 Å². The highest BCUT2D eigenvalue weighted by molar-refractivity contribution is 7.20. The Labute approximate surface area is 145 Å². The molecule has 0 saturated heterocycles. The first kappa shape index (κ1) is 18.6. The van der Waals surface area contributed by atoms with Crippen LogP contribution in [0.15, 0.2) is 11.1 Å². The van der Waals surface area contributed by atoms with Crippen molar-refractivity contribution in [2.45, 2.75) is 46.1 Å². The van der Waals surface area contributed by atoms with E-state index < -0.39 is 5.97 Å². The summed E-state index contributed by atoms with van der Waals surface area (Å²) in [5.41, 5.74) is 0.569. The number of aromatic nitrogens is 2. The lowest BCUT2D eigenvalue weighted by molar-refractivity contribution is 0.0393. The number of nitrogens with zero attached hydrogens (tertiary/aromatic N) is 2. The number of rotatable bonds is 9. The van der Waals surface area contributed by atoms with Crippen molar-refractivity contribution in [3.05, 3.63) is 27.1 Å². The van der Waals surface area contributed by atoms with Crippen molar-refractivity contribution in [3.63, 3.8) is 0 Å². The molecule has 2 heterocycles. The van der Waals surface area contributed by atoms with Gasteiger partial charge in [0, 0.05) is 13.7 Å². The number of ether oxygens (including phenoxy) is 2. The summed E-state index contributed by atoms with van der Waals surface area (Å²) in [5.74, 6) is -0.429. The van der Waals surface area contributed by atoms with E-state index in [1.807, 2.05) is 0 Å². The molecule has 0 saturated carbocycles. The monoisotopic (exact) mass is 352 g/mol. The summed E-state index contributed by atoms with van der Waals surface area (Å²) >= 11 is 1.21. The maximum Gasteiger partial charge on any atom is 0.348 e. The van der Waals surface area contributed by atoms with Gasteiger partial charge in [0.1, 0.15) is 16.3 Å². The molecule has 0 aliphatic heterocycles. The smallest absolute Gasteiger partial charge is 0.348 e. The molecular formula is C17H24N2O4S. The van der Waals surface area contributed by atoms with Gasteiger partial charge in [-0.3, -0.25) is 9.36 Å². The minimum Gasteiger partial charge on any atom is -0.459 e. The van der Waals surface area contributed by atoms with Gasteiger partial charge in [0.25, 0.3) is 5.56 Å². The topological polar surface area (TPSA) is 70.4 Å². The van der Waals surface area contributed by atoms with Gasteiger partial charge in [0.15, 0.2) is 0 Å². The van der Waals surface area contributed by atoms with E-state index in [9.17, 15) is 9.59 Å². The first-order chi connectivity index (χ1) is 11.6. The van der Waals surface area contributed by atoms with Crippen LogP contribution in [-0.2, 0) is 16.0 Å². The largest absolute Gasteiger partial charge is 0.459 e. The average Bonchev–Trinajstić information content (AvgIpc) is 2.91. The third-order valence-electron chi connectivity index (χ3n) is 3.88. The number of methoxy groups -OCH3 is 1.